The zero-order valence-corrected chi connectivity index (χ0v) is 8.48. The van der Waals surface area contributed by atoms with Crippen molar-refractivity contribution >= 4 is 29.4 Å². The van der Waals surface area contributed by atoms with Crippen LogP contribution in [0, 0.1) is 0 Å². The summed E-state index contributed by atoms with van der Waals surface area (Å²) >= 11 is 3.30. The predicted octanol–water partition coefficient (Wildman–Crippen LogP) is 1.32. The Morgan fingerprint density at radius 2 is 2.09 bits per heavy atom. The Kier molecular flexibility index (Phi) is 3.13. The van der Waals surface area contributed by atoms with Gasteiger partial charge in [-0.2, -0.15) is 0 Å². The van der Waals surface area contributed by atoms with E-state index in [1.165, 1.54) is 0 Å². The highest BCUT2D eigenvalue weighted by atomic mass is 32.2. The van der Waals surface area contributed by atoms with Crippen LogP contribution >= 0.6 is 23.5 Å². The minimum absolute atomic E-state index is 0.196. The van der Waals surface area contributed by atoms with Crippen LogP contribution in [0.3, 0.4) is 0 Å². The minimum atomic E-state index is -0.196. The molecule has 64 valence electrons. The van der Waals surface area contributed by atoms with Crippen molar-refractivity contribution in [3.8, 4) is 0 Å². The summed E-state index contributed by atoms with van der Waals surface area (Å²) in [5.74, 6) is 0.198. The summed E-state index contributed by atoms with van der Waals surface area (Å²) in [5.41, 5.74) is 0. The van der Waals surface area contributed by atoms with Crippen molar-refractivity contribution < 1.29 is 4.79 Å². The number of rotatable bonds is 2. The molecule has 0 aromatic carbocycles. The van der Waals surface area contributed by atoms with E-state index in [1.54, 1.807) is 23.5 Å². The highest BCUT2D eigenvalue weighted by Gasteiger charge is 2.38. The second-order valence-electron chi connectivity index (χ2n) is 2.52. The van der Waals surface area contributed by atoms with E-state index in [9.17, 15) is 4.79 Å². The zero-order valence-electron chi connectivity index (χ0n) is 6.85. The molecule has 1 fully saturated rings. The molecule has 2 nitrogen and oxygen atoms in total. The molecule has 0 aliphatic carbocycles. The van der Waals surface area contributed by atoms with Gasteiger partial charge in [0.25, 0.3) is 0 Å². The number of amides is 1. The van der Waals surface area contributed by atoms with Crippen molar-refractivity contribution in [2.75, 3.05) is 19.1 Å². The van der Waals surface area contributed by atoms with Crippen LogP contribution in [0.5, 0.6) is 0 Å². The molecule has 4 heteroatoms. The summed E-state index contributed by atoms with van der Waals surface area (Å²) in [6.07, 6.45) is 6.11. The molecule has 1 amide bonds. The van der Waals surface area contributed by atoms with Crippen LogP contribution in [0.15, 0.2) is 0 Å². The Bertz CT molecular complexity index is 157. The lowest BCUT2D eigenvalue weighted by molar-refractivity contribution is -0.122. The van der Waals surface area contributed by atoms with E-state index < -0.39 is 0 Å². The monoisotopic (exact) mass is 191 g/mol. The fourth-order valence-corrected chi connectivity index (χ4v) is 3.12. The van der Waals surface area contributed by atoms with Gasteiger partial charge in [-0.05, 0) is 25.4 Å². The van der Waals surface area contributed by atoms with Crippen LogP contribution in [0.1, 0.15) is 12.8 Å². The van der Waals surface area contributed by atoms with Crippen LogP contribution in [-0.2, 0) is 4.79 Å². The topological polar surface area (TPSA) is 29.1 Å². The van der Waals surface area contributed by atoms with Crippen LogP contribution in [0.4, 0.5) is 0 Å². The maximum Gasteiger partial charge on any atom is 0.246 e. The molecule has 1 N–H and O–H groups in total. The third-order valence-corrected chi connectivity index (χ3v) is 5.07. The number of thioether (sulfide) groups is 2. The molecule has 1 aliphatic heterocycles. The summed E-state index contributed by atoms with van der Waals surface area (Å²) in [5, 5.41) is 2.89. The van der Waals surface area contributed by atoms with E-state index in [0.29, 0.717) is 0 Å². The van der Waals surface area contributed by atoms with Crippen molar-refractivity contribution in [2.24, 2.45) is 0 Å². The van der Waals surface area contributed by atoms with E-state index in [4.69, 9.17) is 0 Å². The molecular formula is C7H13NOS2. The van der Waals surface area contributed by atoms with Gasteiger partial charge in [0.2, 0.25) is 5.91 Å². The molecule has 0 atom stereocenters. The molecule has 1 aliphatic rings. The molecule has 0 aromatic rings. The third kappa shape index (κ3) is 1.67. The Hall–Kier alpha value is 0.170. The molecule has 1 saturated heterocycles. The third-order valence-electron chi connectivity index (χ3n) is 1.97. The Morgan fingerprint density at radius 3 is 2.45 bits per heavy atom. The van der Waals surface area contributed by atoms with E-state index in [1.807, 2.05) is 12.5 Å². The van der Waals surface area contributed by atoms with Gasteiger partial charge in [-0.1, -0.05) is 0 Å². The number of carbonyl (C=O) groups is 1. The summed E-state index contributed by atoms with van der Waals surface area (Å²) in [7, 11) is 0. The average Bonchev–Trinajstić information content (AvgIpc) is 2.06. The van der Waals surface area contributed by atoms with E-state index in [0.717, 1.165) is 19.4 Å². The second-order valence-corrected chi connectivity index (χ2v) is 4.99. The number of carbonyl (C=O) groups excluding carboxylic acids is 1. The predicted molar refractivity (Wildman–Crippen MR) is 52.0 cm³/mol. The van der Waals surface area contributed by atoms with Crippen molar-refractivity contribution in [1.82, 2.24) is 5.32 Å². The molecule has 0 aromatic heterocycles. The number of hydrogen-bond donors (Lipinski definition) is 1. The fourth-order valence-electron chi connectivity index (χ4n) is 1.24. The van der Waals surface area contributed by atoms with Gasteiger partial charge in [-0.25, -0.2) is 0 Å². The van der Waals surface area contributed by atoms with Gasteiger partial charge < -0.3 is 5.32 Å². The number of hydrogen-bond acceptors (Lipinski definition) is 3. The zero-order chi connectivity index (χ0) is 8.32. The number of piperidine rings is 1. The first-order chi connectivity index (χ1) is 5.25. The van der Waals surface area contributed by atoms with Crippen molar-refractivity contribution in [1.29, 1.82) is 0 Å². The molecule has 1 heterocycles. The van der Waals surface area contributed by atoms with Crippen LogP contribution in [0.25, 0.3) is 0 Å². The number of nitrogens with one attached hydrogen (secondary N) is 1. The van der Waals surface area contributed by atoms with Gasteiger partial charge in [0.05, 0.1) is 0 Å². The van der Waals surface area contributed by atoms with E-state index >= 15 is 0 Å². The van der Waals surface area contributed by atoms with Gasteiger partial charge in [-0.3, -0.25) is 4.79 Å². The molecule has 0 unspecified atom stereocenters. The molecule has 1 rings (SSSR count). The Labute approximate surface area is 75.9 Å². The lowest BCUT2D eigenvalue weighted by Gasteiger charge is -2.32. The van der Waals surface area contributed by atoms with Crippen molar-refractivity contribution in [2.45, 2.75) is 16.9 Å². The van der Waals surface area contributed by atoms with Crippen LogP contribution < -0.4 is 5.32 Å². The maximum atomic E-state index is 11.4. The van der Waals surface area contributed by atoms with Crippen LogP contribution in [-0.4, -0.2) is 29.0 Å². The molecule has 0 saturated carbocycles. The SMILES string of the molecule is CSC1(SC)CCCNC1=O. The fraction of sp³-hybridized carbons (Fsp3) is 0.857. The maximum absolute atomic E-state index is 11.4. The summed E-state index contributed by atoms with van der Waals surface area (Å²) < 4.78 is -0.196. The summed E-state index contributed by atoms with van der Waals surface area (Å²) in [6, 6.07) is 0. The largest absolute Gasteiger partial charge is 0.354 e. The lowest BCUT2D eigenvalue weighted by Crippen LogP contribution is -2.46. The van der Waals surface area contributed by atoms with Gasteiger partial charge in [0, 0.05) is 6.54 Å². The first-order valence-corrected chi connectivity index (χ1v) is 6.09. The van der Waals surface area contributed by atoms with E-state index in [-0.39, 0.29) is 9.99 Å². The van der Waals surface area contributed by atoms with E-state index in [2.05, 4.69) is 5.32 Å². The smallest absolute Gasteiger partial charge is 0.246 e. The Morgan fingerprint density at radius 1 is 1.45 bits per heavy atom. The highest BCUT2D eigenvalue weighted by Crippen LogP contribution is 2.39. The Balaban J connectivity index is 2.69. The van der Waals surface area contributed by atoms with Gasteiger partial charge in [0.1, 0.15) is 4.08 Å². The van der Waals surface area contributed by atoms with Gasteiger partial charge >= 0.3 is 0 Å². The van der Waals surface area contributed by atoms with Gasteiger partial charge in [-0.15, -0.1) is 23.5 Å². The highest BCUT2D eigenvalue weighted by molar-refractivity contribution is 8.18. The van der Waals surface area contributed by atoms with Crippen molar-refractivity contribution in [3.63, 3.8) is 0 Å². The molecule has 0 radical (unpaired) electrons. The second kappa shape index (κ2) is 3.72. The summed E-state index contributed by atoms with van der Waals surface area (Å²) in [4.78, 5) is 11.4. The normalized spacial score (nSPS) is 22.9. The first kappa shape index (κ1) is 9.26. The standard InChI is InChI=1S/C7H13NOS2/c1-10-7(11-2)4-3-5-8-6(7)9/h3-5H2,1-2H3,(H,8,9). The molecule has 0 spiro atoms. The lowest BCUT2D eigenvalue weighted by atomic mass is 10.1. The van der Waals surface area contributed by atoms with Crippen molar-refractivity contribution in [3.05, 3.63) is 0 Å². The first-order valence-electron chi connectivity index (χ1n) is 3.64. The quantitative estimate of drug-likeness (QED) is 0.667. The molecule has 11 heavy (non-hydrogen) atoms. The summed E-state index contributed by atoms with van der Waals surface area (Å²) in [6.45, 7) is 0.849. The van der Waals surface area contributed by atoms with Gasteiger partial charge in [0.15, 0.2) is 0 Å². The average molecular weight is 191 g/mol. The minimum Gasteiger partial charge on any atom is -0.354 e. The van der Waals surface area contributed by atoms with Crippen LogP contribution in [0.2, 0.25) is 0 Å². The molecular weight excluding hydrogens is 178 g/mol. The molecule has 0 bridgehead atoms.